The number of rotatable bonds is 3. The van der Waals surface area contributed by atoms with Gasteiger partial charge < -0.3 is 14.9 Å². The second-order valence-electron chi connectivity index (χ2n) is 7.82. The summed E-state index contributed by atoms with van der Waals surface area (Å²) in [6, 6.07) is 8.55. The lowest BCUT2D eigenvalue weighted by Gasteiger charge is -2.35. The topological polar surface area (TPSA) is 91.6 Å². The van der Waals surface area contributed by atoms with Crippen LogP contribution < -0.4 is 0 Å². The molecule has 0 aliphatic carbocycles. The molecular formula is C22H25N5O3. The van der Waals surface area contributed by atoms with Gasteiger partial charge in [0.15, 0.2) is 5.65 Å². The quantitative estimate of drug-likeness (QED) is 0.721. The highest BCUT2D eigenvalue weighted by molar-refractivity contribution is 5.99. The number of fused-ring (bicyclic) bond motifs is 1. The zero-order valence-electron chi connectivity index (χ0n) is 17.4. The van der Waals surface area contributed by atoms with Gasteiger partial charge in [0.05, 0.1) is 23.0 Å². The summed E-state index contributed by atoms with van der Waals surface area (Å²) in [4.78, 5) is 33.8. The first-order chi connectivity index (χ1) is 14.4. The lowest BCUT2D eigenvalue weighted by molar-refractivity contribution is 0.0533. The van der Waals surface area contributed by atoms with E-state index in [1.165, 1.54) is 6.07 Å². The largest absolute Gasteiger partial charge is 0.507 e. The molecule has 1 saturated heterocycles. The van der Waals surface area contributed by atoms with Crippen molar-refractivity contribution in [3.63, 3.8) is 0 Å². The average molecular weight is 407 g/mol. The third kappa shape index (κ3) is 3.49. The van der Waals surface area contributed by atoms with Crippen molar-refractivity contribution < 1.29 is 14.7 Å². The second-order valence-corrected chi connectivity index (χ2v) is 7.82. The number of carbonyl (C=O) groups is 2. The van der Waals surface area contributed by atoms with Crippen LogP contribution in [0.3, 0.4) is 0 Å². The summed E-state index contributed by atoms with van der Waals surface area (Å²) in [7, 11) is 0. The van der Waals surface area contributed by atoms with Crippen LogP contribution in [0.4, 0.5) is 0 Å². The van der Waals surface area contributed by atoms with Gasteiger partial charge in [-0.2, -0.15) is 5.10 Å². The first-order valence-corrected chi connectivity index (χ1v) is 10.1. The van der Waals surface area contributed by atoms with E-state index in [0.29, 0.717) is 37.4 Å². The summed E-state index contributed by atoms with van der Waals surface area (Å²) in [6.45, 7) is 7.61. The lowest BCUT2D eigenvalue weighted by Crippen LogP contribution is -2.50. The van der Waals surface area contributed by atoms with E-state index < -0.39 is 0 Å². The van der Waals surface area contributed by atoms with E-state index in [1.807, 2.05) is 31.5 Å². The number of aromatic nitrogens is 3. The molecule has 0 unspecified atom stereocenters. The van der Waals surface area contributed by atoms with Crippen molar-refractivity contribution in [1.29, 1.82) is 0 Å². The van der Waals surface area contributed by atoms with E-state index in [0.717, 1.165) is 11.0 Å². The highest BCUT2D eigenvalue weighted by atomic mass is 16.3. The van der Waals surface area contributed by atoms with Crippen LogP contribution in [0.2, 0.25) is 0 Å². The molecule has 156 valence electrons. The number of amides is 2. The molecule has 2 aromatic heterocycles. The number of aromatic hydroxyl groups is 1. The Morgan fingerprint density at radius 1 is 1.00 bits per heavy atom. The zero-order chi connectivity index (χ0) is 21.4. The van der Waals surface area contributed by atoms with Crippen molar-refractivity contribution >= 4 is 22.8 Å². The van der Waals surface area contributed by atoms with E-state index in [9.17, 15) is 14.7 Å². The molecule has 8 nitrogen and oxygen atoms in total. The van der Waals surface area contributed by atoms with Crippen molar-refractivity contribution in [3.05, 3.63) is 53.3 Å². The molecule has 3 heterocycles. The van der Waals surface area contributed by atoms with Gasteiger partial charge in [0.2, 0.25) is 0 Å². The number of nitrogens with zero attached hydrogens (tertiary/aromatic N) is 5. The van der Waals surface area contributed by atoms with Gasteiger partial charge in [-0.05, 0) is 39.0 Å². The van der Waals surface area contributed by atoms with Gasteiger partial charge in [-0.1, -0.05) is 12.1 Å². The Balaban J connectivity index is 1.49. The van der Waals surface area contributed by atoms with Gasteiger partial charge in [-0.15, -0.1) is 0 Å². The summed E-state index contributed by atoms with van der Waals surface area (Å²) in [6.07, 6.45) is 1.74. The van der Waals surface area contributed by atoms with Crippen LogP contribution in [-0.4, -0.2) is 67.7 Å². The number of hydrogen-bond acceptors (Lipinski definition) is 5. The molecule has 1 N–H and O–H groups in total. The smallest absolute Gasteiger partial charge is 0.257 e. The van der Waals surface area contributed by atoms with Crippen molar-refractivity contribution in [2.24, 2.45) is 0 Å². The van der Waals surface area contributed by atoms with Crippen molar-refractivity contribution in [2.45, 2.75) is 26.8 Å². The maximum atomic E-state index is 13.1. The minimum Gasteiger partial charge on any atom is -0.507 e. The van der Waals surface area contributed by atoms with Crippen molar-refractivity contribution in [2.75, 3.05) is 26.2 Å². The monoisotopic (exact) mass is 407 g/mol. The number of benzene rings is 1. The van der Waals surface area contributed by atoms with Gasteiger partial charge in [-0.3, -0.25) is 9.59 Å². The molecule has 0 radical (unpaired) electrons. The molecular weight excluding hydrogens is 382 g/mol. The predicted octanol–water partition coefficient (Wildman–Crippen LogP) is 2.62. The highest BCUT2D eigenvalue weighted by Gasteiger charge is 2.28. The molecule has 0 bridgehead atoms. The van der Waals surface area contributed by atoms with E-state index in [-0.39, 0.29) is 29.2 Å². The summed E-state index contributed by atoms with van der Waals surface area (Å²) in [5.41, 5.74) is 2.29. The maximum absolute atomic E-state index is 13.1. The number of phenolic OH excluding ortho intramolecular Hbond substituents is 1. The lowest BCUT2D eigenvalue weighted by atomic mass is 10.1. The molecule has 1 fully saturated rings. The first kappa shape index (κ1) is 19.9. The molecule has 1 aliphatic rings. The average Bonchev–Trinajstić information content (AvgIpc) is 3.15. The molecule has 4 rings (SSSR count). The van der Waals surface area contributed by atoms with Gasteiger partial charge >= 0.3 is 0 Å². The van der Waals surface area contributed by atoms with Gasteiger partial charge in [0.1, 0.15) is 5.75 Å². The summed E-state index contributed by atoms with van der Waals surface area (Å²) < 4.78 is 1.85. The third-order valence-electron chi connectivity index (χ3n) is 5.47. The molecule has 30 heavy (non-hydrogen) atoms. The van der Waals surface area contributed by atoms with Crippen LogP contribution in [0.25, 0.3) is 11.0 Å². The molecule has 0 atom stereocenters. The fourth-order valence-electron chi connectivity index (χ4n) is 3.77. The standard InChI is InChI=1S/C22H25N5O3/c1-14(2)27-20-16(13-23-27)12-18(15(3)24-20)22(30)26-10-8-25(9-11-26)21(29)17-6-4-5-7-19(17)28/h4-7,12-14,28H,8-11H2,1-3H3. The van der Waals surface area contributed by atoms with Gasteiger partial charge in [-0.25, -0.2) is 9.67 Å². The molecule has 8 heteroatoms. The number of para-hydroxylation sites is 1. The van der Waals surface area contributed by atoms with E-state index >= 15 is 0 Å². The maximum Gasteiger partial charge on any atom is 0.257 e. The number of pyridine rings is 1. The Hall–Kier alpha value is -3.42. The molecule has 3 aromatic rings. The first-order valence-electron chi connectivity index (χ1n) is 10.1. The predicted molar refractivity (Wildman–Crippen MR) is 113 cm³/mol. The summed E-state index contributed by atoms with van der Waals surface area (Å²) in [5, 5.41) is 15.1. The van der Waals surface area contributed by atoms with Gasteiger partial charge in [0, 0.05) is 37.6 Å². The third-order valence-corrected chi connectivity index (χ3v) is 5.47. The molecule has 0 saturated carbocycles. The number of hydrogen-bond donors (Lipinski definition) is 1. The van der Waals surface area contributed by atoms with Crippen molar-refractivity contribution in [3.8, 4) is 5.75 Å². The van der Waals surface area contributed by atoms with Crippen LogP contribution in [-0.2, 0) is 0 Å². The SMILES string of the molecule is Cc1nc2c(cnn2C(C)C)cc1C(=O)N1CCN(C(=O)c2ccccc2O)CC1. The Morgan fingerprint density at radius 2 is 1.60 bits per heavy atom. The normalized spacial score (nSPS) is 14.5. The summed E-state index contributed by atoms with van der Waals surface area (Å²) >= 11 is 0. The Kier molecular flexibility index (Phi) is 5.15. The fraction of sp³-hybridized carbons (Fsp3) is 0.364. The number of carbonyl (C=O) groups excluding carboxylic acids is 2. The Bertz CT molecular complexity index is 1110. The number of phenols is 1. The Labute approximate surface area is 174 Å². The molecule has 1 aliphatic heterocycles. The van der Waals surface area contributed by atoms with Crippen LogP contribution in [0.1, 0.15) is 46.3 Å². The second kappa shape index (κ2) is 7.78. The number of piperazine rings is 1. The molecule has 2 amide bonds. The van der Waals surface area contributed by atoms with Crippen LogP contribution in [0, 0.1) is 6.92 Å². The summed E-state index contributed by atoms with van der Waals surface area (Å²) in [5.74, 6) is -0.340. The van der Waals surface area contributed by atoms with E-state index in [1.54, 1.807) is 34.2 Å². The van der Waals surface area contributed by atoms with Crippen LogP contribution >= 0.6 is 0 Å². The molecule has 0 spiro atoms. The van der Waals surface area contributed by atoms with Crippen LogP contribution in [0.5, 0.6) is 5.75 Å². The van der Waals surface area contributed by atoms with Gasteiger partial charge in [0.25, 0.3) is 11.8 Å². The minimum atomic E-state index is -0.222. The Morgan fingerprint density at radius 3 is 2.20 bits per heavy atom. The fourth-order valence-corrected chi connectivity index (χ4v) is 3.77. The van der Waals surface area contributed by atoms with Crippen LogP contribution in [0.15, 0.2) is 36.5 Å². The zero-order valence-corrected chi connectivity index (χ0v) is 17.4. The minimum absolute atomic E-state index is 0.0297. The molecule has 1 aromatic carbocycles. The van der Waals surface area contributed by atoms with E-state index in [4.69, 9.17) is 0 Å². The van der Waals surface area contributed by atoms with E-state index in [2.05, 4.69) is 10.1 Å². The number of aryl methyl sites for hydroxylation is 1. The van der Waals surface area contributed by atoms with Crippen molar-refractivity contribution in [1.82, 2.24) is 24.6 Å². The highest BCUT2D eigenvalue weighted by Crippen LogP contribution is 2.22.